The number of hydrogen-bond donors (Lipinski definition) is 1. The number of aromatic amines is 1. The van der Waals surface area contributed by atoms with E-state index in [0.29, 0.717) is 9.86 Å². The van der Waals surface area contributed by atoms with Crippen LogP contribution in [-0.2, 0) is 0 Å². The molecule has 12 heavy (non-hydrogen) atoms. The molecule has 1 N–H and O–H groups in total. The van der Waals surface area contributed by atoms with Gasteiger partial charge in [0.2, 0.25) is 0 Å². The summed E-state index contributed by atoms with van der Waals surface area (Å²) in [5.74, 6) is 0. The molecule has 2 nitrogen and oxygen atoms in total. The molecule has 57 valence electrons. The summed E-state index contributed by atoms with van der Waals surface area (Å²) in [4.78, 5) is 3.24. The van der Waals surface area contributed by atoms with Crippen molar-refractivity contribution >= 4 is 64.5 Å². The van der Waals surface area contributed by atoms with Crippen LogP contribution in [0.2, 0.25) is 5.02 Å². The molecule has 1 heterocycles. The summed E-state index contributed by atoms with van der Waals surface area (Å²) in [6.45, 7) is 0. The number of halogens is 1. The van der Waals surface area contributed by atoms with Gasteiger partial charge in [-0.15, -0.1) is 0 Å². The fraction of sp³-hybridized carbons (Fsp3) is 0. The van der Waals surface area contributed by atoms with Crippen molar-refractivity contribution in [2.24, 2.45) is 0 Å². The van der Waals surface area contributed by atoms with Gasteiger partial charge >= 0.3 is 0 Å². The van der Waals surface area contributed by atoms with Crippen LogP contribution in [0.5, 0.6) is 0 Å². The molecule has 0 atom stereocenters. The Labute approximate surface area is 101 Å². The van der Waals surface area contributed by atoms with Crippen molar-refractivity contribution in [2.45, 2.75) is 0 Å². The molecule has 1 radical (unpaired) electrons. The van der Waals surface area contributed by atoms with Crippen LogP contribution in [0.1, 0.15) is 0 Å². The van der Waals surface area contributed by atoms with E-state index in [4.69, 9.17) is 28.2 Å². The molecule has 0 aliphatic rings. The van der Waals surface area contributed by atoms with Gasteiger partial charge in [-0.2, -0.15) is 0 Å². The van der Waals surface area contributed by atoms with E-state index in [1.807, 2.05) is 0 Å². The minimum absolute atomic E-state index is 0. The third-order valence-corrected chi connectivity index (χ3v) is 1.80. The molecule has 0 saturated carbocycles. The number of H-pyrrole nitrogens is 1. The van der Waals surface area contributed by atoms with Crippen molar-refractivity contribution < 1.29 is 4.42 Å². The molecule has 0 unspecified atom stereocenters. The SMILES string of the molecule is S=c1[nH]c2cc(Cl)ccc2o1.[Na]. The second kappa shape index (κ2) is 3.94. The van der Waals surface area contributed by atoms with Gasteiger partial charge in [0.25, 0.3) is 4.84 Å². The smallest absolute Gasteiger partial charge is 0.266 e. The summed E-state index contributed by atoms with van der Waals surface area (Å²) in [5, 5.41) is 0.671. The van der Waals surface area contributed by atoms with Crippen LogP contribution in [0.25, 0.3) is 11.1 Å². The topological polar surface area (TPSA) is 28.9 Å². The van der Waals surface area contributed by atoms with E-state index in [2.05, 4.69) is 4.98 Å². The van der Waals surface area contributed by atoms with E-state index in [-0.39, 0.29) is 29.6 Å². The van der Waals surface area contributed by atoms with Crippen molar-refractivity contribution in [1.82, 2.24) is 4.98 Å². The summed E-state index contributed by atoms with van der Waals surface area (Å²) in [6.07, 6.45) is 0. The van der Waals surface area contributed by atoms with E-state index < -0.39 is 0 Å². The van der Waals surface area contributed by atoms with Crippen molar-refractivity contribution in [3.63, 3.8) is 0 Å². The van der Waals surface area contributed by atoms with Gasteiger partial charge in [-0.05, 0) is 30.4 Å². The second-order valence-corrected chi connectivity index (χ2v) is 2.96. The van der Waals surface area contributed by atoms with E-state index in [1.165, 1.54) is 0 Å². The Morgan fingerprint density at radius 1 is 1.42 bits per heavy atom. The molecule has 2 rings (SSSR count). The van der Waals surface area contributed by atoms with Gasteiger partial charge in [0, 0.05) is 34.6 Å². The van der Waals surface area contributed by atoms with Gasteiger partial charge in [0.1, 0.15) is 0 Å². The second-order valence-electron chi connectivity index (χ2n) is 2.16. The Balaban J connectivity index is 0.000000720. The quantitative estimate of drug-likeness (QED) is 0.533. The van der Waals surface area contributed by atoms with Crippen molar-refractivity contribution in [2.75, 3.05) is 0 Å². The molecule has 0 bridgehead atoms. The monoisotopic (exact) mass is 208 g/mol. The number of nitrogens with one attached hydrogen (secondary N) is 1. The van der Waals surface area contributed by atoms with Gasteiger partial charge in [0.05, 0.1) is 5.52 Å². The van der Waals surface area contributed by atoms with Gasteiger partial charge in [-0.1, -0.05) is 11.6 Å². The van der Waals surface area contributed by atoms with Gasteiger partial charge in [0.15, 0.2) is 5.58 Å². The molecular weight excluding hydrogens is 205 g/mol. The summed E-state index contributed by atoms with van der Waals surface area (Å²) >= 11 is 10.5. The van der Waals surface area contributed by atoms with E-state index in [9.17, 15) is 0 Å². The fourth-order valence-electron chi connectivity index (χ4n) is 0.924. The fourth-order valence-corrected chi connectivity index (χ4v) is 1.30. The zero-order valence-electron chi connectivity index (χ0n) is 6.43. The third kappa shape index (κ3) is 1.92. The standard InChI is InChI=1S/C7H4ClNOS.Na/c8-4-1-2-6-5(3-4)9-7(11)10-6;/h1-3H,(H,9,11);. The number of hydrogen-bond acceptors (Lipinski definition) is 2. The summed E-state index contributed by atoms with van der Waals surface area (Å²) in [7, 11) is 0. The maximum atomic E-state index is 5.73. The first-order chi connectivity index (χ1) is 5.25. The van der Waals surface area contributed by atoms with Crippen LogP contribution in [0.15, 0.2) is 22.6 Å². The zero-order chi connectivity index (χ0) is 7.84. The Morgan fingerprint density at radius 3 is 2.92 bits per heavy atom. The van der Waals surface area contributed by atoms with Gasteiger partial charge in [-0.25, -0.2) is 0 Å². The minimum Gasteiger partial charge on any atom is -0.429 e. The van der Waals surface area contributed by atoms with Gasteiger partial charge in [-0.3, -0.25) is 0 Å². The maximum absolute atomic E-state index is 5.73. The molecule has 0 aliphatic carbocycles. The molecule has 0 fully saturated rings. The average molecular weight is 209 g/mol. The number of rotatable bonds is 0. The Bertz CT molecular complexity index is 450. The average Bonchev–Trinajstić information content (AvgIpc) is 2.27. The van der Waals surface area contributed by atoms with Crippen LogP contribution in [0, 0.1) is 4.84 Å². The molecule has 2 aromatic rings. The maximum Gasteiger partial charge on any atom is 0.266 e. The van der Waals surface area contributed by atoms with Crippen molar-refractivity contribution in [3.05, 3.63) is 28.1 Å². The molecule has 1 aromatic heterocycles. The van der Waals surface area contributed by atoms with E-state index in [1.54, 1.807) is 18.2 Å². The first kappa shape index (κ1) is 10.3. The zero-order valence-corrected chi connectivity index (χ0v) is 10.00. The Kier molecular flexibility index (Phi) is 3.37. The Hall–Kier alpha value is 0.200. The minimum atomic E-state index is 0. The van der Waals surface area contributed by atoms with Crippen LogP contribution in [0.3, 0.4) is 0 Å². The van der Waals surface area contributed by atoms with E-state index >= 15 is 0 Å². The molecule has 0 amide bonds. The number of aromatic nitrogens is 1. The molecule has 0 aliphatic heterocycles. The predicted octanol–water partition coefficient (Wildman–Crippen LogP) is 2.76. The summed E-state index contributed by atoms with van der Waals surface area (Å²) in [6, 6.07) is 5.32. The van der Waals surface area contributed by atoms with Crippen LogP contribution >= 0.6 is 23.8 Å². The number of fused-ring (bicyclic) bond motifs is 1. The molecular formula is C7H4ClNNaOS. The normalized spacial score (nSPS) is 9.75. The van der Waals surface area contributed by atoms with Crippen LogP contribution < -0.4 is 0 Å². The third-order valence-electron chi connectivity index (χ3n) is 1.38. The summed E-state index contributed by atoms with van der Waals surface area (Å²) < 4.78 is 5.12. The first-order valence-corrected chi connectivity index (χ1v) is 3.83. The van der Waals surface area contributed by atoms with E-state index in [0.717, 1.165) is 11.1 Å². The number of benzene rings is 1. The predicted molar refractivity (Wildman–Crippen MR) is 52.2 cm³/mol. The first-order valence-electron chi connectivity index (χ1n) is 3.04. The molecule has 5 heteroatoms. The molecule has 0 spiro atoms. The molecule has 0 saturated heterocycles. The van der Waals surface area contributed by atoms with Crippen molar-refractivity contribution in [3.8, 4) is 0 Å². The number of oxazole rings is 1. The Morgan fingerprint density at radius 2 is 2.17 bits per heavy atom. The summed E-state index contributed by atoms with van der Waals surface area (Å²) in [5.41, 5.74) is 1.57. The van der Waals surface area contributed by atoms with Gasteiger partial charge < -0.3 is 9.40 Å². The van der Waals surface area contributed by atoms with Crippen molar-refractivity contribution in [1.29, 1.82) is 0 Å². The largest absolute Gasteiger partial charge is 0.429 e. The van der Waals surface area contributed by atoms with Crippen LogP contribution in [-0.4, -0.2) is 34.5 Å². The van der Waals surface area contributed by atoms with Crippen LogP contribution in [0.4, 0.5) is 0 Å². The molecule has 1 aromatic carbocycles.